The zero-order chi connectivity index (χ0) is 25.4. The molecule has 0 saturated carbocycles. The molecule has 11 heteroatoms. The first-order valence-corrected chi connectivity index (χ1v) is 11.4. The van der Waals surface area contributed by atoms with Crippen LogP contribution < -0.4 is 22.1 Å². The summed E-state index contributed by atoms with van der Waals surface area (Å²) in [6.07, 6.45) is 2.55. The largest absolute Gasteiger partial charge is 0.458 e. The molecule has 0 aromatic carbocycles. The van der Waals surface area contributed by atoms with E-state index < -0.39 is 41.0 Å². The van der Waals surface area contributed by atoms with Crippen molar-refractivity contribution >= 4 is 30.0 Å². The molecule has 0 bridgehead atoms. The van der Waals surface area contributed by atoms with Crippen molar-refractivity contribution in [2.75, 3.05) is 13.1 Å². The zero-order valence-corrected chi connectivity index (χ0v) is 20.4. The summed E-state index contributed by atoms with van der Waals surface area (Å²) in [7, 11) is 0. The third-order valence-electron chi connectivity index (χ3n) is 5.19. The lowest BCUT2D eigenvalue weighted by Gasteiger charge is -2.36. The van der Waals surface area contributed by atoms with Crippen LogP contribution in [0, 0.1) is 11.3 Å². The van der Waals surface area contributed by atoms with Crippen LogP contribution in [0.1, 0.15) is 66.7 Å². The molecule has 11 nitrogen and oxygen atoms in total. The number of nitrogens with zero attached hydrogens (tertiary/aromatic N) is 1. The van der Waals surface area contributed by atoms with Crippen LogP contribution in [-0.4, -0.2) is 71.2 Å². The van der Waals surface area contributed by atoms with Crippen LogP contribution >= 0.6 is 0 Å². The van der Waals surface area contributed by atoms with Crippen molar-refractivity contribution in [2.45, 2.75) is 89.9 Å². The maximum atomic E-state index is 13.5. The third-order valence-corrected chi connectivity index (χ3v) is 5.19. The van der Waals surface area contributed by atoms with Crippen molar-refractivity contribution in [3.63, 3.8) is 0 Å². The number of guanidine groups is 1. The SMILES string of the molecule is CC(C)C[C@@](N)(C(=O)OC(C)(C)C)C(=O)N1CCC[C@@H]1C(=O)N[C@H](C=O)CCCNC(=N)N. The number of nitrogens with two attached hydrogens (primary N) is 2. The first-order valence-electron chi connectivity index (χ1n) is 11.4. The standard InChI is InChI=1S/C22H40N6O5/c1-14(2)12-22(25,19(32)33-21(3,4)5)18(31)28-11-7-9-16(28)17(30)27-15(13-29)8-6-10-26-20(23)24/h13-16H,6-12,25H2,1-5H3,(H,27,30)(H4,23,24,26)/t15-,16+,22-/m0/s1. The summed E-state index contributed by atoms with van der Waals surface area (Å²) in [5.41, 5.74) is 8.87. The third kappa shape index (κ3) is 8.64. The lowest BCUT2D eigenvalue weighted by atomic mass is 9.87. The van der Waals surface area contributed by atoms with Gasteiger partial charge in [-0.1, -0.05) is 13.8 Å². The Hall–Kier alpha value is -2.69. The van der Waals surface area contributed by atoms with E-state index in [4.69, 9.17) is 21.6 Å². The van der Waals surface area contributed by atoms with Crippen molar-refractivity contribution < 1.29 is 23.9 Å². The molecule has 2 amide bonds. The van der Waals surface area contributed by atoms with Crippen molar-refractivity contribution in [3.8, 4) is 0 Å². The summed E-state index contributed by atoms with van der Waals surface area (Å²) in [6.45, 7) is 9.47. The van der Waals surface area contributed by atoms with Crippen LogP contribution in [0.2, 0.25) is 0 Å². The highest BCUT2D eigenvalue weighted by molar-refractivity contribution is 6.08. The van der Waals surface area contributed by atoms with Crippen LogP contribution in [-0.2, 0) is 23.9 Å². The van der Waals surface area contributed by atoms with Crippen LogP contribution in [0.3, 0.4) is 0 Å². The average Bonchev–Trinajstić information content (AvgIpc) is 3.17. The van der Waals surface area contributed by atoms with Gasteiger partial charge in [-0.15, -0.1) is 0 Å². The van der Waals surface area contributed by atoms with Crippen molar-refractivity contribution in [2.24, 2.45) is 17.4 Å². The molecule has 0 aliphatic carbocycles. The molecule has 0 aromatic heterocycles. The lowest BCUT2D eigenvalue weighted by Crippen LogP contribution is -2.64. The second-order valence-corrected chi connectivity index (χ2v) is 9.96. The van der Waals surface area contributed by atoms with Gasteiger partial charge in [0.25, 0.3) is 5.91 Å². The number of amides is 2. The average molecular weight is 469 g/mol. The van der Waals surface area contributed by atoms with E-state index in [9.17, 15) is 19.2 Å². The van der Waals surface area contributed by atoms with Gasteiger partial charge in [-0.2, -0.15) is 0 Å². The number of aldehydes is 1. The Morgan fingerprint density at radius 3 is 2.42 bits per heavy atom. The van der Waals surface area contributed by atoms with Gasteiger partial charge in [0.05, 0.1) is 6.04 Å². The summed E-state index contributed by atoms with van der Waals surface area (Å²) in [4.78, 5) is 52.1. The normalized spacial score (nSPS) is 18.9. The van der Waals surface area contributed by atoms with E-state index in [-0.39, 0.29) is 24.8 Å². The maximum absolute atomic E-state index is 13.5. The minimum absolute atomic E-state index is 0.0654. The van der Waals surface area contributed by atoms with Gasteiger partial charge in [-0.25, -0.2) is 4.79 Å². The van der Waals surface area contributed by atoms with E-state index in [0.29, 0.717) is 38.5 Å². The minimum Gasteiger partial charge on any atom is -0.458 e. The molecule has 1 aliphatic heterocycles. The van der Waals surface area contributed by atoms with Crippen LogP contribution in [0.25, 0.3) is 0 Å². The molecule has 188 valence electrons. The van der Waals surface area contributed by atoms with Gasteiger partial charge in [0.2, 0.25) is 5.91 Å². The van der Waals surface area contributed by atoms with Gasteiger partial charge in [-0.05, 0) is 58.8 Å². The van der Waals surface area contributed by atoms with Gasteiger partial charge >= 0.3 is 5.97 Å². The Kier molecular flexibility index (Phi) is 10.3. The highest BCUT2D eigenvalue weighted by Crippen LogP contribution is 2.27. The predicted octanol–water partition coefficient (Wildman–Crippen LogP) is 0.00967. The van der Waals surface area contributed by atoms with Crippen molar-refractivity contribution in [1.29, 1.82) is 5.41 Å². The fraction of sp³-hybridized carbons (Fsp3) is 0.773. The Bertz CT molecular complexity index is 735. The second kappa shape index (κ2) is 12.0. The first-order chi connectivity index (χ1) is 15.2. The van der Waals surface area contributed by atoms with Crippen LogP contribution in [0.5, 0.6) is 0 Å². The number of ether oxygens (including phenoxy) is 1. The molecule has 33 heavy (non-hydrogen) atoms. The van der Waals surface area contributed by atoms with E-state index in [1.54, 1.807) is 20.8 Å². The predicted molar refractivity (Wildman–Crippen MR) is 124 cm³/mol. The van der Waals surface area contributed by atoms with Crippen molar-refractivity contribution in [1.82, 2.24) is 15.5 Å². The van der Waals surface area contributed by atoms with E-state index in [0.717, 1.165) is 0 Å². The number of nitrogens with one attached hydrogen (secondary N) is 3. The molecule has 0 unspecified atom stereocenters. The smallest absolute Gasteiger partial charge is 0.336 e. The molecule has 0 radical (unpaired) electrons. The number of hydrogen-bond donors (Lipinski definition) is 5. The quantitative estimate of drug-likeness (QED) is 0.0702. The Morgan fingerprint density at radius 2 is 1.91 bits per heavy atom. The van der Waals surface area contributed by atoms with Crippen LogP contribution in [0.4, 0.5) is 0 Å². The van der Waals surface area contributed by atoms with E-state index in [1.807, 2.05) is 13.8 Å². The summed E-state index contributed by atoms with van der Waals surface area (Å²) < 4.78 is 5.45. The Labute approximate surface area is 195 Å². The molecule has 1 rings (SSSR count). The number of likely N-dealkylation sites (tertiary alicyclic amines) is 1. The van der Waals surface area contributed by atoms with Gasteiger partial charge in [0.15, 0.2) is 11.5 Å². The van der Waals surface area contributed by atoms with Crippen LogP contribution in [0.15, 0.2) is 0 Å². The van der Waals surface area contributed by atoms with Gasteiger partial charge in [0.1, 0.15) is 17.9 Å². The highest BCUT2D eigenvalue weighted by atomic mass is 16.6. The number of rotatable bonds is 11. The summed E-state index contributed by atoms with van der Waals surface area (Å²) in [5.74, 6) is -2.16. The molecule has 0 aromatic rings. The molecule has 1 saturated heterocycles. The topological polar surface area (TPSA) is 181 Å². The lowest BCUT2D eigenvalue weighted by molar-refractivity contribution is -0.168. The second-order valence-electron chi connectivity index (χ2n) is 9.96. The summed E-state index contributed by atoms with van der Waals surface area (Å²) in [6, 6.07) is -1.57. The van der Waals surface area contributed by atoms with E-state index in [1.165, 1.54) is 4.90 Å². The van der Waals surface area contributed by atoms with Gasteiger partial charge < -0.3 is 36.5 Å². The van der Waals surface area contributed by atoms with Gasteiger partial charge in [0, 0.05) is 13.1 Å². The number of hydrogen-bond acceptors (Lipinski definition) is 7. The zero-order valence-electron chi connectivity index (χ0n) is 20.4. The molecule has 7 N–H and O–H groups in total. The molecule has 3 atom stereocenters. The number of carbonyl (C=O) groups excluding carboxylic acids is 4. The fourth-order valence-corrected chi connectivity index (χ4v) is 3.81. The number of carbonyl (C=O) groups is 4. The Balaban J connectivity index is 2.95. The Morgan fingerprint density at radius 1 is 1.27 bits per heavy atom. The first kappa shape index (κ1) is 28.3. The summed E-state index contributed by atoms with van der Waals surface area (Å²) in [5, 5.41) is 12.4. The highest BCUT2D eigenvalue weighted by Gasteiger charge is 2.50. The monoisotopic (exact) mass is 468 g/mol. The fourth-order valence-electron chi connectivity index (χ4n) is 3.81. The molecule has 1 heterocycles. The maximum Gasteiger partial charge on any atom is 0.336 e. The summed E-state index contributed by atoms with van der Waals surface area (Å²) >= 11 is 0. The van der Waals surface area contributed by atoms with Crippen molar-refractivity contribution in [3.05, 3.63) is 0 Å². The molecular formula is C22H40N6O5. The molecule has 0 spiro atoms. The molecule has 1 fully saturated rings. The van der Waals surface area contributed by atoms with E-state index >= 15 is 0 Å². The number of esters is 1. The van der Waals surface area contributed by atoms with Gasteiger partial charge in [-0.3, -0.25) is 15.0 Å². The minimum atomic E-state index is -1.91. The van der Waals surface area contributed by atoms with E-state index in [2.05, 4.69) is 10.6 Å². The molecular weight excluding hydrogens is 428 g/mol. The molecule has 1 aliphatic rings.